The molecule has 59 heavy (non-hydrogen) atoms. The van der Waals surface area contributed by atoms with Crippen molar-refractivity contribution in [2.24, 2.45) is 25.7 Å². The summed E-state index contributed by atoms with van der Waals surface area (Å²) >= 11 is 0. The largest absolute Gasteiger partial charge is 0.501 e. The standard InChI is InChI=1S/C26H58N6O3Si.C8H22N2O3Si.C7H14N2/c1-19(2)28-25(29-20(3)4)27-15-17-32(26(30-21(5)6)31-22(7)8)16-14-18-36(33-13,34-23(9)10)35-24(11)12;1-11-14(12-2,13-3)8-4-6-10-7-5-9;1-6(2)8-5-9-7(3)4/h19-24H,14-18H2,1-13H3,(H,30,31)(H2,27,28,29);10H,4-9H2,1-3H3;6-7H,1-4H3. The van der Waals surface area contributed by atoms with Gasteiger partial charge in [0.1, 0.15) is 0 Å². The van der Waals surface area contributed by atoms with E-state index in [2.05, 4.69) is 97.6 Å². The van der Waals surface area contributed by atoms with Gasteiger partial charge in [-0.15, -0.1) is 0 Å². The van der Waals surface area contributed by atoms with Crippen molar-refractivity contribution >= 4 is 35.5 Å². The van der Waals surface area contributed by atoms with Gasteiger partial charge in [0, 0.05) is 103 Å². The van der Waals surface area contributed by atoms with Crippen LogP contribution in [-0.4, -0.2) is 157 Å². The second kappa shape index (κ2) is 36.7. The molecule has 0 spiro atoms. The topological polar surface area (TPSA) is 182 Å². The highest BCUT2D eigenvalue weighted by atomic mass is 28.4. The van der Waals surface area contributed by atoms with Gasteiger partial charge in [-0.2, -0.15) is 0 Å². The van der Waals surface area contributed by atoms with Crippen molar-refractivity contribution in [3.63, 3.8) is 0 Å². The molecule has 0 radical (unpaired) electrons. The maximum absolute atomic E-state index is 6.25. The normalized spacial score (nSPS) is 12.2. The van der Waals surface area contributed by atoms with Crippen LogP contribution < -0.4 is 27.0 Å². The SMILES string of the molecule is CC(C)N=C=NC(C)C.CO[Si](CCCN(CCN=C(NC(C)C)NC(C)C)C(=NC(C)C)NC(C)C)(OC(C)C)OC(C)C.CO[Si](CCCNCCN)(OC)OC. The first kappa shape index (κ1) is 61.3. The molecule has 0 aromatic heterocycles. The van der Waals surface area contributed by atoms with Crippen LogP contribution in [0.4, 0.5) is 0 Å². The Labute approximate surface area is 364 Å². The molecular formula is C41H94N10O6Si2. The van der Waals surface area contributed by atoms with E-state index in [0.717, 1.165) is 63.0 Å². The lowest BCUT2D eigenvalue weighted by Gasteiger charge is -2.33. The van der Waals surface area contributed by atoms with Crippen molar-refractivity contribution in [2.75, 3.05) is 67.7 Å². The molecule has 0 rings (SSSR count). The Morgan fingerprint density at radius 1 is 0.593 bits per heavy atom. The number of guanidine groups is 2. The van der Waals surface area contributed by atoms with E-state index < -0.39 is 17.6 Å². The number of rotatable bonds is 27. The molecular weight excluding hydrogens is 785 g/mol. The summed E-state index contributed by atoms with van der Waals surface area (Å²) in [5.41, 5.74) is 5.35. The summed E-state index contributed by atoms with van der Waals surface area (Å²) < 4.78 is 34.3. The Morgan fingerprint density at radius 2 is 1.05 bits per heavy atom. The molecule has 16 nitrogen and oxygen atoms in total. The molecule has 18 heteroatoms. The van der Waals surface area contributed by atoms with Gasteiger partial charge >= 0.3 is 17.6 Å². The molecule has 0 bridgehead atoms. The van der Waals surface area contributed by atoms with Gasteiger partial charge < -0.3 is 58.5 Å². The summed E-state index contributed by atoms with van der Waals surface area (Å²) in [5.74, 6) is 1.74. The minimum atomic E-state index is -2.78. The quantitative estimate of drug-likeness (QED) is 0.0281. The van der Waals surface area contributed by atoms with E-state index in [9.17, 15) is 0 Å². The average Bonchev–Trinajstić information content (AvgIpc) is 3.11. The van der Waals surface area contributed by atoms with Gasteiger partial charge in [0.05, 0.1) is 24.6 Å². The van der Waals surface area contributed by atoms with Gasteiger partial charge in [0.25, 0.3) is 0 Å². The molecule has 0 saturated heterocycles. The van der Waals surface area contributed by atoms with Crippen LogP contribution in [0.5, 0.6) is 0 Å². The lowest BCUT2D eigenvalue weighted by Crippen LogP contribution is -2.50. The maximum atomic E-state index is 6.25. The Kier molecular flexibility index (Phi) is 38.1. The number of hydrogen-bond acceptors (Lipinski definition) is 12. The molecule has 0 aliphatic heterocycles. The average molecular weight is 879 g/mol. The summed E-state index contributed by atoms with van der Waals surface area (Å²) in [6.07, 6.45) is 1.92. The maximum Gasteiger partial charge on any atom is 0.501 e. The smallest absolute Gasteiger partial charge is 0.377 e. The number of hydrogen-bond donors (Lipinski definition) is 5. The fourth-order valence-electron chi connectivity index (χ4n) is 5.02. The minimum Gasteiger partial charge on any atom is -0.377 e. The van der Waals surface area contributed by atoms with E-state index in [1.54, 1.807) is 28.4 Å². The molecule has 0 amide bonds. The highest BCUT2D eigenvalue weighted by Gasteiger charge is 2.42. The molecule has 0 unspecified atom stereocenters. The third-order valence-corrected chi connectivity index (χ3v) is 13.4. The van der Waals surface area contributed by atoms with Gasteiger partial charge in [0.15, 0.2) is 11.9 Å². The van der Waals surface area contributed by atoms with E-state index in [1.165, 1.54) is 0 Å². The highest BCUT2D eigenvalue weighted by Crippen LogP contribution is 2.21. The third kappa shape index (κ3) is 36.4. The van der Waals surface area contributed by atoms with Crippen molar-refractivity contribution in [1.82, 2.24) is 26.2 Å². The van der Waals surface area contributed by atoms with Crippen LogP contribution in [0.1, 0.15) is 124 Å². The molecule has 0 aromatic carbocycles. The van der Waals surface area contributed by atoms with Gasteiger partial charge in [-0.25, -0.2) is 9.98 Å². The van der Waals surface area contributed by atoms with Gasteiger partial charge in [-0.1, -0.05) is 0 Å². The van der Waals surface area contributed by atoms with Gasteiger partial charge in [0.2, 0.25) is 0 Å². The van der Waals surface area contributed by atoms with Crippen molar-refractivity contribution in [3.05, 3.63) is 0 Å². The number of aliphatic imine (C=N–C) groups is 4. The van der Waals surface area contributed by atoms with Crippen molar-refractivity contribution in [3.8, 4) is 0 Å². The predicted molar refractivity (Wildman–Crippen MR) is 254 cm³/mol. The Balaban J connectivity index is -0.00000110. The fraction of sp³-hybridized carbons (Fsp3) is 0.927. The predicted octanol–water partition coefficient (Wildman–Crippen LogP) is 6.01. The Bertz CT molecular complexity index is 1080. The summed E-state index contributed by atoms with van der Waals surface area (Å²) in [6, 6.07) is 5.89. The van der Waals surface area contributed by atoms with E-state index in [1.807, 2.05) is 55.4 Å². The lowest BCUT2D eigenvalue weighted by molar-refractivity contribution is 0.0321. The van der Waals surface area contributed by atoms with Crippen molar-refractivity contribution < 1.29 is 26.6 Å². The van der Waals surface area contributed by atoms with Crippen LogP contribution in [0.3, 0.4) is 0 Å². The first-order chi connectivity index (χ1) is 27.6. The van der Waals surface area contributed by atoms with Gasteiger partial charge in [-0.3, -0.25) is 9.98 Å². The zero-order chi connectivity index (χ0) is 46.0. The molecule has 0 aromatic rings. The minimum absolute atomic E-state index is 0.0433. The van der Waals surface area contributed by atoms with Crippen LogP contribution >= 0.6 is 0 Å². The van der Waals surface area contributed by atoms with Crippen LogP contribution in [0, 0.1) is 0 Å². The fourth-order valence-corrected chi connectivity index (χ4v) is 9.46. The second-order valence-electron chi connectivity index (χ2n) is 16.5. The summed E-state index contributed by atoms with van der Waals surface area (Å²) in [7, 11) is 1.47. The molecule has 0 saturated carbocycles. The Hall–Kier alpha value is -1.97. The molecule has 0 heterocycles. The van der Waals surface area contributed by atoms with Crippen LogP contribution in [0.25, 0.3) is 0 Å². The summed E-state index contributed by atoms with van der Waals surface area (Å²) in [5, 5.41) is 13.6. The van der Waals surface area contributed by atoms with Gasteiger partial charge in [-0.05, 0) is 130 Å². The molecule has 6 N–H and O–H groups in total. The number of nitrogens with one attached hydrogen (secondary N) is 4. The molecule has 0 fully saturated rings. The monoisotopic (exact) mass is 879 g/mol. The summed E-state index contributed by atoms with van der Waals surface area (Å²) in [4.78, 5) is 19.9. The van der Waals surface area contributed by atoms with E-state index in [0.29, 0.717) is 37.3 Å². The van der Waals surface area contributed by atoms with Crippen LogP contribution in [0.15, 0.2) is 20.0 Å². The van der Waals surface area contributed by atoms with Crippen molar-refractivity contribution in [2.45, 2.75) is 184 Å². The zero-order valence-electron chi connectivity index (χ0n) is 41.5. The van der Waals surface area contributed by atoms with Crippen molar-refractivity contribution in [1.29, 1.82) is 0 Å². The highest BCUT2D eigenvalue weighted by molar-refractivity contribution is 6.61. The first-order valence-electron chi connectivity index (χ1n) is 21.8. The molecule has 352 valence electrons. The Morgan fingerprint density at radius 3 is 1.42 bits per heavy atom. The van der Waals surface area contributed by atoms with E-state index in [4.69, 9.17) is 42.3 Å². The van der Waals surface area contributed by atoms with Crippen LogP contribution in [0.2, 0.25) is 12.1 Å². The van der Waals surface area contributed by atoms with Crippen LogP contribution in [-0.2, 0) is 26.6 Å². The zero-order valence-corrected chi connectivity index (χ0v) is 43.5. The van der Waals surface area contributed by atoms with E-state index >= 15 is 0 Å². The molecule has 0 aliphatic rings. The third-order valence-electron chi connectivity index (χ3n) is 7.36. The number of nitrogens with two attached hydrogens (primary N) is 1. The number of nitrogens with zero attached hydrogens (tertiary/aromatic N) is 5. The van der Waals surface area contributed by atoms with E-state index in [-0.39, 0.29) is 24.3 Å². The summed E-state index contributed by atoms with van der Waals surface area (Å²) in [6.45, 7) is 37.7. The molecule has 0 aliphatic carbocycles. The molecule has 0 atom stereocenters. The lowest BCUT2D eigenvalue weighted by atomic mass is 10.3. The first-order valence-corrected chi connectivity index (χ1v) is 25.7. The second-order valence-corrected chi connectivity index (χ2v) is 22.3.